The second-order valence-electron chi connectivity index (χ2n) is 12.4. The van der Waals surface area contributed by atoms with Crippen LogP contribution in [0, 0.1) is 0 Å². The lowest BCUT2D eigenvalue weighted by molar-refractivity contribution is 0.0999. The fourth-order valence-corrected chi connectivity index (χ4v) is 6.60. The number of unbranched alkanes of at least 4 members (excludes halogenated alkanes) is 2. The van der Waals surface area contributed by atoms with E-state index in [1.165, 1.54) is 38.8 Å². The minimum Gasteiger partial charge on any atom is -0.489 e. The van der Waals surface area contributed by atoms with E-state index in [-0.39, 0.29) is 23.3 Å². The molecule has 0 atom stereocenters. The van der Waals surface area contributed by atoms with Gasteiger partial charge in [0, 0.05) is 49.3 Å². The highest BCUT2D eigenvalue weighted by molar-refractivity contribution is 6.33. The first-order valence-electron chi connectivity index (χ1n) is 16.7. The number of H-pyrrole nitrogens is 2. The quantitative estimate of drug-likeness (QED) is 0.180. The molecule has 248 valence electrons. The second kappa shape index (κ2) is 16.7. The van der Waals surface area contributed by atoms with Gasteiger partial charge in [0.05, 0.1) is 10.0 Å². The smallest absolute Gasteiger partial charge is 0.255 e. The van der Waals surface area contributed by atoms with E-state index < -0.39 is 0 Å². The number of piperidine rings is 2. The highest BCUT2D eigenvalue weighted by atomic mass is 35.5. The van der Waals surface area contributed by atoms with Crippen molar-refractivity contribution in [2.24, 2.45) is 0 Å². The summed E-state index contributed by atoms with van der Waals surface area (Å²) in [7, 11) is 0. The second-order valence-corrected chi connectivity index (χ2v) is 13.2. The number of hydrogen-bond acceptors (Lipinski definition) is 6. The molecule has 2 N–H and O–H groups in total. The molecule has 0 bridgehead atoms. The Balaban J connectivity index is 0.000000181. The molecule has 8 nitrogen and oxygen atoms in total. The molecule has 6 rings (SSSR count). The van der Waals surface area contributed by atoms with Crippen LogP contribution in [0.1, 0.15) is 65.2 Å². The number of fused-ring (bicyclic) bond motifs is 2. The summed E-state index contributed by atoms with van der Waals surface area (Å²) in [5.41, 5.74) is -0.250. The van der Waals surface area contributed by atoms with Gasteiger partial charge in [0.2, 0.25) is 0 Å². The van der Waals surface area contributed by atoms with Gasteiger partial charge in [0.15, 0.2) is 0 Å². The van der Waals surface area contributed by atoms with Crippen LogP contribution in [0.3, 0.4) is 0 Å². The molecule has 0 radical (unpaired) electrons. The Kier molecular flexibility index (Phi) is 12.4. The molecular weight excluding hydrogens is 623 g/mol. The minimum absolute atomic E-state index is 0.125. The van der Waals surface area contributed by atoms with E-state index in [0.717, 1.165) is 62.6 Å². The zero-order valence-corrected chi connectivity index (χ0v) is 28.5. The molecule has 0 aliphatic carbocycles. The van der Waals surface area contributed by atoms with Crippen molar-refractivity contribution in [3.05, 3.63) is 79.5 Å². The zero-order valence-electron chi connectivity index (χ0n) is 27.0. The van der Waals surface area contributed by atoms with Gasteiger partial charge in [-0.15, -0.1) is 0 Å². The van der Waals surface area contributed by atoms with Gasteiger partial charge in [-0.25, -0.2) is 0 Å². The van der Waals surface area contributed by atoms with Crippen molar-refractivity contribution in [3.8, 4) is 11.5 Å². The van der Waals surface area contributed by atoms with E-state index in [9.17, 15) is 9.59 Å². The van der Waals surface area contributed by atoms with Gasteiger partial charge in [-0.05, 0) is 98.8 Å². The molecule has 10 heteroatoms. The summed E-state index contributed by atoms with van der Waals surface area (Å²) in [6, 6.07) is 10.9. The van der Waals surface area contributed by atoms with Crippen LogP contribution in [0.15, 0.2) is 58.4 Å². The predicted molar refractivity (Wildman–Crippen MR) is 189 cm³/mol. The van der Waals surface area contributed by atoms with Crippen LogP contribution >= 0.6 is 23.2 Å². The molecule has 0 saturated carbocycles. The zero-order chi connectivity index (χ0) is 32.5. The maximum atomic E-state index is 11.8. The molecule has 2 fully saturated rings. The third-order valence-corrected chi connectivity index (χ3v) is 9.55. The summed E-state index contributed by atoms with van der Waals surface area (Å²) in [5.74, 6) is 1.36. The number of halogens is 2. The molecule has 0 amide bonds. The summed E-state index contributed by atoms with van der Waals surface area (Å²) in [4.78, 5) is 33.9. The SMILES string of the molecule is CCCCN1CCC(Oc2cc3cc[nH]c(=O)c3cc2Cl)CC1.CCCCN1CCC(Oc2cc3cc[nH]c(=O)c3cc2Cl)CC1. The van der Waals surface area contributed by atoms with Crippen LogP contribution in [0.25, 0.3) is 21.5 Å². The molecule has 46 heavy (non-hydrogen) atoms. The van der Waals surface area contributed by atoms with Crippen molar-refractivity contribution in [1.82, 2.24) is 19.8 Å². The Bertz CT molecular complexity index is 1570. The number of aromatic nitrogens is 2. The van der Waals surface area contributed by atoms with E-state index in [2.05, 4.69) is 33.6 Å². The summed E-state index contributed by atoms with van der Waals surface area (Å²) < 4.78 is 12.2. The molecule has 0 spiro atoms. The summed E-state index contributed by atoms with van der Waals surface area (Å²) >= 11 is 12.6. The van der Waals surface area contributed by atoms with Gasteiger partial charge in [0.25, 0.3) is 11.1 Å². The molecule has 2 saturated heterocycles. The first kappa shape index (κ1) is 34.3. The van der Waals surface area contributed by atoms with E-state index >= 15 is 0 Å². The molecule has 2 aliphatic rings. The number of benzene rings is 2. The molecule has 4 aromatic rings. The number of likely N-dealkylation sites (tertiary alicyclic amines) is 2. The maximum absolute atomic E-state index is 11.8. The van der Waals surface area contributed by atoms with E-state index in [4.69, 9.17) is 32.7 Å². The summed E-state index contributed by atoms with van der Waals surface area (Å²) in [6.07, 6.45) is 12.8. The Morgan fingerprint density at radius 2 is 1.07 bits per heavy atom. The average molecular weight is 670 g/mol. The number of hydrogen-bond donors (Lipinski definition) is 2. The highest BCUT2D eigenvalue weighted by Gasteiger charge is 2.22. The summed E-state index contributed by atoms with van der Waals surface area (Å²) in [6.45, 7) is 11.1. The van der Waals surface area contributed by atoms with Crippen molar-refractivity contribution in [2.75, 3.05) is 39.3 Å². The molecular formula is C36H46Cl2N4O4. The first-order valence-corrected chi connectivity index (χ1v) is 17.5. The monoisotopic (exact) mass is 668 g/mol. The highest BCUT2D eigenvalue weighted by Crippen LogP contribution is 2.32. The number of ether oxygens (including phenoxy) is 2. The van der Waals surface area contributed by atoms with Crippen molar-refractivity contribution < 1.29 is 9.47 Å². The van der Waals surface area contributed by atoms with Crippen LogP contribution in [0.2, 0.25) is 10.0 Å². The Morgan fingerprint density at radius 1 is 0.674 bits per heavy atom. The van der Waals surface area contributed by atoms with Gasteiger partial charge >= 0.3 is 0 Å². The Labute approximate surface area is 281 Å². The van der Waals surface area contributed by atoms with E-state index in [1.807, 2.05) is 24.3 Å². The molecule has 2 aromatic heterocycles. The first-order chi connectivity index (χ1) is 22.3. The Hall–Kier alpha value is -3.04. The maximum Gasteiger partial charge on any atom is 0.255 e. The molecule has 0 unspecified atom stereocenters. The average Bonchev–Trinajstić information content (AvgIpc) is 3.06. The predicted octanol–water partition coefficient (Wildman–Crippen LogP) is 7.65. The largest absolute Gasteiger partial charge is 0.489 e. The normalized spacial score (nSPS) is 16.8. The van der Waals surface area contributed by atoms with Crippen LogP contribution in [-0.4, -0.2) is 71.2 Å². The van der Waals surface area contributed by atoms with Crippen molar-refractivity contribution in [3.63, 3.8) is 0 Å². The van der Waals surface area contributed by atoms with Gasteiger partial charge in [-0.2, -0.15) is 0 Å². The number of nitrogens with zero attached hydrogens (tertiary/aromatic N) is 2. The lowest BCUT2D eigenvalue weighted by atomic mass is 10.1. The number of pyridine rings is 2. The van der Waals surface area contributed by atoms with Crippen molar-refractivity contribution >= 4 is 44.7 Å². The number of aromatic amines is 2. The molecule has 2 aromatic carbocycles. The lowest BCUT2D eigenvalue weighted by Gasteiger charge is -2.32. The van der Waals surface area contributed by atoms with Gasteiger partial charge in [0.1, 0.15) is 23.7 Å². The van der Waals surface area contributed by atoms with Crippen molar-refractivity contribution in [2.45, 2.75) is 77.4 Å². The molecule has 2 aliphatic heterocycles. The summed E-state index contributed by atoms with van der Waals surface area (Å²) in [5, 5.41) is 3.91. The molecule has 4 heterocycles. The van der Waals surface area contributed by atoms with Gasteiger partial charge in [-0.1, -0.05) is 49.9 Å². The van der Waals surface area contributed by atoms with E-state index in [1.54, 1.807) is 24.5 Å². The topological polar surface area (TPSA) is 90.7 Å². The van der Waals surface area contributed by atoms with Crippen molar-refractivity contribution in [1.29, 1.82) is 0 Å². The number of rotatable bonds is 10. The Morgan fingerprint density at radius 3 is 1.43 bits per heavy atom. The third kappa shape index (κ3) is 9.06. The minimum atomic E-state index is -0.125. The third-order valence-electron chi connectivity index (χ3n) is 8.96. The van der Waals surface area contributed by atoms with E-state index in [0.29, 0.717) is 32.3 Å². The van der Waals surface area contributed by atoms with Gasteiger partial charge in [-0.3, -0.25) is 9.59 Å². The van der Waals surface area contributed by atoms with Crippen LogP contribution in [0.4, 0.5) is 0 Å². The lowest BCUT2D eigenvalue weighted by Crippen LogP contribution is -2.38. The standard InChI is InChI=1S/2C18H23ClN2O2/c2*1-2-3-8-21-9-5-14(6-10-21)23-17-11-13-4-7-20-18(22)15(13)12-16(17)19/h2*4,7,11-12,14H,2-3,5-6,8-10H2,1H3,(H,20,22). The van der Waals surface area contributed by atoms with Crippen LogP contribution in [0.5, 0.6) is 11.5 Å². The van der Waals surface area contributed by atoms with Gasteiger partial charge < -0.3 is 29.2 Å². The fourth-order valence-electron chi connectivity index (χ4n) is 6.18. The van der Waals surface area contributed by atoms with Crippen LogP contribution < -0.4 is 20.6 Å². The van der Waals surface area contributed by atoms with Crippen LogP contribution in [-0.2, 0) is 0 Å². The number of nitrogens with one attached hydrogen (secondary N) is 2. The fraction of sp³-hybridized carbons (Fsp3) is 0.500.